The smallest absolute Gasteiger partial charge is 0.262 e. The van der Waals surface area contributed by atoms with Crippen LogP contribution in [0.15, 0.2) is 42.5 Å². The van der Waals surface area contributed by atoms with E-state index >= 15 is 0 Å². The van der Waals surface area contributed by atoms with Gasteiger partial charge in [0.05, 0.1) is 11.1 Å². The maximum Gasteiger partial charge on any atom is 0.262 e. The largest absolute Gasteiger partial charge is 0.325 e. The SMILES string of the molecule is Cc1cccc(NC(=O)CN2C(=O)c3ccc(Cl)cc3C2=O)c1. The van der Waals surface area contributed by atoms with Crippen molar-refractivity contribution in [2.75, 3.05) is 11.9 Å². The van der Waals surface area contributed by atoms with Crippen molar-refractivity contribution in [3.8, 4) is 0 Å². The van der Waals surface area contributed by atoms with Crippen LogP contribution in [0.5, 0.6) is 0 Å². The molecule has 6 heteroatoms. The van der Waals surface area contributed by atoms with Gasteiger partial charge in [0.1, 0.15) is 6.54 Å². The third kappa shape index (κ3) is 2.96. The van der Waals surface area contributed by atoms with Crippen LogP contribution in [0.4, 0.5) is 5.69 Å². The number of amides is 3. The maximum absolute atomic E-state index is 12.3. The summed E-state index contributed by atoms with van der Waals surface area (Å²) in [6.45, 7) is 1.57. The topological polar surface area (TPSA) is 66.5 Å². The Morgan fingerprint density at radius 3 is 2.57 bits per heavy atom. The maximum atomic E-state index is 12.3. The summed E-state index contributed by atoms with van der Waals surface area (Å²) in [6, 6.07) is 11.7. The van der Waals surface area contributed by atoms with E-state index in [1.807, 2.05) is 19.1 Å². The van der Waals surface area contributed by atoms with E-state index < -0.39 is 17.7 Å². The van der Waals surface area contributed by atoms with Crippen molar-refractivity contribution in [1.29, 1.82) is 0 Å². The monoisotopic (exact) mass is 328 g/mol. The number of hydrogen-bond acceptors (Lipinski definition) is 3. The first kappa shape index (κ1) is 15.2. The third-order valence-corrected chi connectivity index (χ3v) is 3.77. The first-order valence-electron chi connectivity index (χ1n) is 6.98. The van der Waals surface area contributed by atoms with E-state index in [0.717, 1.165) is 10.5 Å². The van der Waals surface area contributed by atoms with Gasteiger partial charge in [0.15, 0.2) is 0 Å². The average Bonchev–Trinajstić information content (AvgIpc) is 2.72. The Hall–Kier alpha value is -2.66. The number of carbonyl (C=O) groups is 3. The molecule has 3 amide bonds. The van der Waals surface area contributed by atoms with Gasteiger partial charge in [0.2, 0.25) is 5.91 Å². The molecule has 0 radical (unpaired) electrons. The first-order valence-corrected chi connectivity index (χ1v) is 7.36. The average molecular weight is 329 g/mol. The highest BCUT2D eigenvalue weighted by Gasteiger charge is 2.36. The summed E-state index contributed by atoms with van der Waals surface area (Å²) >= 11 is 5.85. The third-order valence-electron chi connectivity index (χ3n) is 3.54. The van der Waals surface area contributed by atoms with Gasteiger partial charge in [-0.2, -0.15) is 0 Å². The predicted molar refractivity (Wildman–Crippen MR) is 86.6 cm³/mol. The lowest BCUT2D eigenvalue weighted by atomic mass is 10.1. The predicted octanol–water partition coefficient (Wildman–Crippen LogP) is 2.88. The number of nitrogens with zero attached hydrogens (tertiary/aromatic N) is 1. The van der Waals surface area contributed by atoms with Crippen LogP contribution >= 0.6 is 11.6 Å². The minimum absolute atomic E-state index is 0.228. The van der Waals surface area contributed by atoms with E-state index in [1.165, 1.54) is 12.1 Å². The van der Waals surface area contributed by atoms with Gasteiger partial charge < -0.3 is 5.32 Å². The van der Waals surface area contributed by atoms with Crippen molar-refractivity contribution in [3.63, 3.8) is 0 Å². The Labute approximate surface area is 137 Å². The molecule has 5 nitrogen and oxygen atoms in total. The number of halogens is 1. The van der Waals surface area contributed by atoms with Crippen molar-refractivity contribution in [2.45, 2.75) is 6.92 Å². The van der Waals surface area contributed by atoms with Crippen LogP contribution < -0.4 is 5.32 Å². The molecule has 0 fully saturated rings. The molecule has 23 heavy (non-hydrogen) atoms. The van der Waals surface area contributed by atoms with Crippen molar-refractivity contribution >= 4 is 35.0 Å². The molecule has 1 aliphatic heterocycles. The number of aryl methyl sites for hydroxylation is 1. The van der Waals surface area contributed by atoms with Gasteiger partial charge in [-0.05, 0) is 42.8 Å². The van der Waals surface area contributed by atoms with Gasteiger partial charge in [-0.15, -0.1) is 0 Å². The van der Waals surface area contributed by atoms with Crippen molar-refractivity contribution < 1.29 is 14.4 Å². The van der Waals surface area contributed by atoms with Crippen LogP contribution in [-0.4, -0.2) is 29.2 Å². The van der Waals surface area contributed by atoms with Gasteiger partial charge in [0.25, 0.3) is 11.8 Å². The Balaban J connectivity index is 1.75. The van der Waals surface area contributed by atoms with E-state index in [2.05, 4.69) is 5.32 Å². The quantitative estimate of drug-likeness (QED) is 0.881. The number of imide groups is 1. The number of hydrogen-bond donors (Lipinski definition) is 1. The number of benzene rings is 2. The lowest BCUT2D eigenvalue weighted by Crippen LogP contribution is -2.37. The zero-order valence-corrected chi connectivity index (χ0v) is 13.1. The second-order valence-corrected chi connectivity index (χ2v) is 5.74. The summed E-state index contributed by atoms with van der Waals surface area (Å²) in [6.07, 6.45) is 0. The highest BCUT2D eigenvalue weighted by molar-refractivity contribution is 6.32. The Morgan fingerprint density at radius 1 is 1.09 bits per heavy atom. The summed E-state index contributed by atoms with van der Waals surface area (Å²) < 4.78 is 0. The molecule has 0 atom stereocenters. The van der Waals surface area contributed by atoms with Crippen molar-refractivity contribution in [1.82, 2.24) is 4.90 Å². The van der Waals surface area contributed by atoms with E-state index in [-0.39, 0.29) is 17.7 Å². The highest BCUT2D eigenvalue weighted by Crippen LogP contribution is 2.25. The van der Waals surface area contributed by atoms with E-state index in [0.29, 0.717) is 10.7 Å². The number of nitrogens with one attached hydrogen (secondary N) is 1. The molecule has 2 aromatic rings. The minimum atomic E-state index is -0.508. The summed E-state index contributed by atoms with van der Waals surface area (Å²) in [5, 5.41) is 3.05. The minimum Gasteiger partial charge on any atom is -0.325 e. The summed E-state index contributed by atoms with van der Waals surface area (Å²) in [5.74, 6) is -1.43. The number of carbonyl (C=O) groups excluding carboxylic acids is 3. The molecule has 0 aliphatic carbocycles. The van der Waals surface area contributed by atoms with Crippen LogP contribution in [0.1, 0.15) is 26.3 Å². The Bertz CT molecular complexity index is 832. The molecule has 0 saturated carbocycles. The fourth-order valence-corrected chi connectivity index (χ4v) is 2.65. The second kappa shape index (κ2) is 5.85. The van der Waals surface area contributed by atoms with Gasteiger partial charge >= 0.3 is 0 Å². The summed E-state index contributed by atoms with van der Waals surface area (Å²) in [7, 11) is 0. The summed E-state index contributed by atoms with van der Waals surface area (Å²) in [4.78, 5) is 37.5. The highest BCUT2D eigenvalue weighted by atomic mass is 35.5. The van der Waals surface area contributed by atoms with Gasteiger partial charge in [-0.3, -0.25) is 19.3 Å². The fourth-order valence-electron chi connectivity index (χ4n) is 2.47. The van der Waals surface area contributed by atoms with Crippen LogP contribution in [0, 0.1) is 6.92 Å². The number of rotatable bonds is 3. The number of fused-ring (bicyclic) bond motifs is 1. The van der Waals surface area contributed by atoms with Gasteiger partial charge in [0, 0.05) is 10.7 Å². The molecule has 0 aromatic heterocycles. The molecule has 0 bridgehead atoms. The van der Waals surface area contributed by atoms with Crippen LogP contribution in [0.25, 0.3) is 0 Å². The Morgan fingerprint density at radius 2 is 1.83 bits per heavy atom. The molecule has 0 spiro atoms. The molecule has 1 aliphatic rings. The molecule has 1 N–H and O–H groups in total. The van der Waals surface area contributed by atoms with Gasteiger partial charge in [-0.1, -0.05) is 23.7 Å². The molecule has 2 aromatic carbocycles. The summed E-state index contributed by atoms with van der Waals surface area (Å²) in [5.41, 5.74) is 2.11. The lowest BCUT2D eigenvalue weighted by Gasteiger charge is -2.13. The van der Waals surface area contributed by atoms with Gasteiger partial charge in [-0.25, -0.2) is 0 Å². The first-order chi connectivity index (χ1) is 11.0. The normalized spacial score (nSPS) is 13.2. The molecule has 1 heterocycles. The molecular weight excluding hydrogens is 316 g/mol. The number of anilines is 1. The lowest BCUT2D eigenvalue weighted by molar-refractivity contribution is -0.116. The standard InChI is InChI=1S/C17H13ClN2O3/c1-10-3-2-4-12(7-10)19-15(21)9-20-16(22)13-6-5-11(18)8-14(13)17(20)23/h2-8H,9H2,1H3,(H,19,21). The molecule has 116 valence electrons. The molecule has 0 saturated heterocycles. The van der Waals surface area contributed by atoms with Crippen molar-refractivity contribution in [2.24, 2.45) is 0 Å². The van der Waals surface area contributed by atoms with Crippen molar-refractivity contribution in [3.05, 3.63) is 64.2 Å². The van der Waals surface area contributed by atoms with E-state index in [9.17, 15) is 14.4 Å². The molecular formula is C17H13ClN2O3. The van der Waals surface area contributed by atoms with E-state index in [1.54, 1.807) is 18.2 Å². The van der Waals surface area contributed by atoms with Crippen LogP contribution in [0.2, 0.25) is 5.02 Å². The zero-order valence-electron chi connectivity index (χ0n) is 12.3. The van der Waals surface area contributed by atoms with Crippen LogP contribution in [0.3, 0.4) is 0 Å². The van der Waals surface area contributed by atoms with Crippen LogP contribution in [-0.2, 0) is 4.79 Å². The molecule has 3 rings (SSSR count). The fraction of sp³-hybridized carbons (Fsp3) is 0.118. The second-order valence-electron chi connectivity index (χ2n) is 5.30. The molecule has 0 unspecified atom stereocenters. The zero-order chi connectivity index (χ0) is 16.6. The Kier molecular flexibility index (Phi) is 3.88. The van der Waals surface area contributed by atoms with E-state index in [4.69, 9.17) is 11.6 Å².